The number of amides is 1. The highest BCUT2D eigenvalue weighted by molar-refractivity contribution is 7.98. The van der Waals surface area contributed by atoms with E-state index in [0.717, 1.165) is 34.1 Å². The molecule has 4 aromatic rings. The van der Waals surface area contributed by atoms with Gasteiger partial charge in [0.1, 0.15) is 11.2 Å². The summed E-state index contributed by atoms with van der Waals surface area (Å²) in [4.78, 5) is 15.9. The summed E-state index contributed by atoms with van der Waals surface area (Å²) in [6.45, 7) is 3.58. The van der Waals surface area contributed by atoms with Gasteiger partial charge in [0.15, 0.2) is 0 Å². The van der Waals surface area contributed by atoms with Crippen molar-refractivity contribution in [1.82, 2.24) is 4.90 Å². The van der Waals surface area contributed by atoms with Gasteiger partial charge in [-0.15, -0.1) is 11.8 Å². The van der Waals surface area contributed by atoms with E-state index in [2.05, 4.69) is 11.6 Å². The van der Waals surface area contributed by atoms with Gasteiger partial charge in [0, 0.05) is 34.8 Å². The lowest BCUT2D eigenvalue weighted by molar-refractivity contribution is 0.0693. The van der Waals surface area contributed by atoms with Crippen molar-refractivity contribution in [3.05, 3.63) is 66.2 Å². The lowest BCUT2D eigenvalue weighted by Crippen LogP contribution is -2.38. The van der Waals surface area contributed by atoms with Gasteiger partial charge >= 0.3 is 0 Å². The molecule has 5 rings (SSSR count). The molecule has 1 amide bonds. The molecule has 0 unspecified atom stereocenters. The Morgan fingerprint density at radius 3 is 2.50 bits per heavy atom. The summed E-state index contributed by atoms with van der Waals surface area (Å²) in [7, 11) is -3.90. The van der Waals surface area contributed by atoms with Gasteiger partial charge in [0.2, 0.25) is 0 Å². The van der Waals surface area contributed by atoms with Crippen molar-refractivity contribution in [3.63, 3.8) is 0 Å². The number of hydrogen-bond acceptors (Lipinski definition) is 5. The van der Waals surface area contributed by atoms with Crippen molar-refractivity contribution in [2.24, 2.45) is 5.92 Å². The predicted molar refractivity (Wildman–Crippen MR) is 137 cm³/mol. The third-order valence-corrected chi connectivity index (χ3v) is 8.59. The Balaban J connectivity index is 1.45. The van der Waals surface area contributed by atoms with Gasteiger partial charge < -0.3 is 9.32 Å². The number of carbonyl (C=O) groups is 1. The number of carbonyl (C=O) groups excluding carboxylic acids is 1. The first-order valence-corrected chi connectivity index (χ1v) is 14.0. The monoisotopic (exact) mass is 494 g/mol. The number of likely N-dealkylation sites (tertiary alicyclic amines) is 1. The molecule has 34 heavy (non-hydrogen) atoms. The number of para-hydroxylation sites is 1. The minimum atomic E-state index is -3.90. The molecule has 6 nitrogen and oxygen atoms in total. The number of furan rings is 1. The maximum Gasteiger partial charge on any atom is 0.261 e. The van der Waals surface area contributed by atoms with Gasteiger partial charge in [0.05, 0.1) is 16.1 Å². The zero-order valence-electron chi connectivity index (χ0n) is 19.1. The van der Waals surface area contributed by atoms with E-state index in [1.165, 1.54) is 17.8 Å². The molecule has 1 aliphatic rings. The quantitative estimate of drug-likeness (QED) is 0.345. The maximum absolute atomic E-state index is 13.2. The van der Waals surface area contributed by atoms with E-state index >= 15 is 0 Å². The Morgan fingerprint density at radius 1 is 1.00 bits per heavy atom. The van der Waals surface area contributed by atoms with Crippen LogP contribution in [0.2, 0.25) is 0 Å². The number of thioether (sulfide) groups is 1. The van der Waals surface area contributed by atoms with Gasteiger partial charge in [-0.1, -0.05) is 25.1 Å². The van der Waals surface area contributed by atoms with E-state index < -0.39 is 10.0 Å². The molecule has 0 aliphatic carbocycles. The average molecular weight is 495 g/mol. The van der Waals surface area contributed by atoms with Crippen LogP contribution in [0.4, 0.5) is 5.69 Å². The third-order valence-electron chi connectivity index (χ3n) is 6.41. The first kappa shape index (κ1) is 22.8. The SMILES string of the molecule is CSc1ccc(S(=O)(=O)Nc2ccc3c(c2)oc2ccccc23)cc1C(=O)N1CCC(C)CC1. The Bertz CT molecular complexity index is 1490. The van der Waals surface area contributed by atoms with Crippen molar-refractivity contribution in [2.75, 3.05) is 24.1 Å². The molecule has 1 aromatic heterocycles. The number of nitrogens with zero attached hydrogens (tertiary/aromatic N) is 1. The van der Waals surface area contributed by atoms with E-state index in [1.807, 2.05) is 41.5 Å². The molecule has 2 heterocycles. The summed E-state index contributed by atoms with van der Waals surface area (Å²) in [6.07, 6.45) is 3.81. The fourth-order valence-corrected chi connectivity index (χ4v) is 6.05. The number of nitrogens with one attached hydrogen (secondary N) is 1. The highest BCUT2D eigenvalue weighted by atomic mass is 32.2. The van der Waals surface area contributed by atoms with Gasteiger partial charge in [0.25, 0.3) is 15.9 Å². The zero-order valence-corrected chi connectivity index (χ0v) is 20.7. The predicted octanol–water partition coefficient (Wildman–Crippen LogP) is 5.98. The van der Waals surface area contributed by atoms with Crippen molar-refractivity contribution >= 4 is 55.3 Å². The summed E-state index contributed by atoms with van der Waals surface area (Å²) in [5.74, 6) is 0.487. The number of sulfonamides is 1. The van der Waals surface area contributed by atoms with Gasteiger partial charge in [-0.05, 0) is 61.4 Å². The summed E-state index contributed by atoms with van der Waals surface area (Å²) >= 11 is 1.44. The number of benzene rings is 3. The van der Waals surface area contributed by atoms with E-state index in [-0.39, 0.29) is 10.8 Å². The van der Waals surface area contributed by atoms with Crippen LogP contribution < -0.4 is 4.72 Å². The summed E-state index contributed by atoms with van der Waals surface area (Å²) in [5.41, 5.74) is 2.19. The standard InChI is InChI=1S/C26H26N2O4S2/c1-17-11-13-28(14-12-17)26(29)22-16-19(8-10-25(22)33-2)34(30,31)27-18-7-9-21-20-5-3-4-6-23(20)32-24(21)15-18/h3-10,15-17,27H,11-14H2,1-2H3. The molecule has 1 N–H and O–H groups in total. The van der Waals surface area contributed by atoms with Crippen LogP contribution in [-0.2, 0) is 10.0 Å². The Hall–Kier alpha value is -2.97. The first-order chi connectivity index (χ1) is 16.4. The highest BCUT2D eigenvalue weighted by Crippen LogP contribution is 2.32. The summed E-state index contributed by atoms with van der Waals surface area (Å²) in [6, 6.07) is 17.7. The van der Waals surface area contributed by atoms with Crippen LogP contribution in [0.15, 0.2) is 74.9 Å². The molecule has 0 atom stereocenters. The second-order valence-corrected chi connectivity index (χ2v) is 11.3. The summed E-state index contributed by atoms with van der Waals surface area (Å²) in [5, 5.41) is 1.90. The number of fused-ring (bicyclic) bond motifs is 3. The Labute approximate surface area is 203 Å². The minimum absolute atomic E-state index is 0.0590. The maximum atomic E-state index is 13.2. The van der Waals surface area contributed by atoms with Crippen LogP contribution in [0.1, 0.15) is 30.1 Å². The molecule has 1 saturated heterocycles. The lowest BCUT2D eigenvalue weighted by Gasteiger charge is -2.30. The Kier molecular flexibility index (Phi) is 6.04. The van der Waals surface area contributed by atoms with Gasteiger partial charge in [-0.3, -0.25) is 9.52 Å². The van der Waals surface area contributed by atoms with E-state index in [9.17, 15) is 13.2 Å². The van der Waals surface area contributed by atoms with Gasteiger partial charge in [-0.2, -0.15) is 0 Å². The summed E-state index contributed by atoms with van der Waals surface area (Å²) < 4.78 is 35.0. The smallest absolute Gasteiger partial charge is 0.261 e. The lowest BCUT2D eigenvalue weighted by atomic mass is 9.98. The van der Waals surface area contributed by atoms with Crippen LogP contribution in [0.5, 0.6) is 0 Å². The molecule has 3 aromatic carbocycles. The third kappa shape index (κ3) is 4.28. The van der Waals surface area contributed by atoms with Crippen LogP contribution in [0.3, 0.4) is 0 Å². The zero-order chi connectivity index (χ0) is 23.9. The average Bonchev–Trinajstić information content (AvgIpc) is 3.21. The second-order valence-electron chi connectivity index (χ2n) is 8.75. The van der Waals surface area contributed by atoms with Crippen LogP contribution in [0, 0.1) is 5.92 Å². The van der Waals surface area contributed by atoms with Crippen LogP contribution >= 0.6 is 11.8 Å². The first-order valence-electron chi connectivity index (χ1n) is 11.3. The fraction of sp³-hybridized carbons (Fsp3) is 0.269. The van der Waals surface area contributed by atoms with Crippen LogP contribution in [0.25, 0.3) is 21.9 Å². The fourth-order valence-electron chi connectivity index (χ4n) is 4.41. The number of hydrogen-bond donors (Lipinski definition) is 1. The second kappa shape index (κ2) is 9.00. The number of anilines is 1. The van der Waals surface area contributed by atoms with Gasteiger partial charge in [-0.25, -0.2) is 8.42 Å². The molecular weight excluding hydrogens is 468 g/mol. The molecule has 176 valence electrons. The van der Waals surface area contributed by atoms with E-state index in [1.54, 1.807) is 24.3 Å². The van der Waals surface area contributed by atoms with E-state index in [0.29, 0.717) is 35.8 Å². The van der Waals surface area contributed by atoms with Crippen molar-refractivity contribution in [2.45, 2.75) is 29.6 Å². The van der Waals surface area contributed by atoms with Crippen molar-refractivity contribution in [3.8, 4) is 0 Å². The minimum Gasteiger partial charge on any atom is -0.456 e. The van der Waals surface area contributed by atoms with Crippen LogP contribution in [-0.4, -0.2) is 38.6 Å². The highest BCUT2D eigenvalue weighted by Gasteiger charge is 2.25. The molecule has 0 spiro atoms. The largest absolute Gasteiger partial charge is 0.456 e. The van der Waals surface area contributed by atoms with Crippen molar-refractivity contribution in [1.29, 1.82) is 0 Å². The van der Waals surface area contributed by atoms with Crippen molar-refractivity contribution < 1.29 is 17.6 Å². The molecule has 1 fully saturated rings. The number of piperidine rings is 1. The Morgan fingerprint density at radius 2 is 1.74 bits per heavy atom. The normalized spacial score (nSPS) is 15.2. The molecule has 1 aliphatic heterocycles. The topological polar surface area (TPSA) is 79.6 Å². The molecule has 0 saturated carbocycles. The molecular formula is C26H26N2O4S2. The molecule has 0 bridgehead atoms. The number of rotatable bonds is 5. The molecule has 0 radical (unpaired) electrons. The molecule has 8 heteroatoms. The van der Waals surface area contributed by atoms with E-state index in [4.69, 9.17) is 4.42 Å².